The van der Waals surface area contributed by atoms with Gasteiger partial charge >= 0.3 is 0 Å². The molecule has 0 aromatic heterocycles. The Morgan fingerprint density at radius 3 is 2.29 bits per heavy atom. The molecule has 0 aliphatic heterocycles. The predicted molar refractivity (Wildman–Crippen MR) is 110 cm³/mol. The van der Waals surface area contributed by atoms with Gasteiger partial charge in [0, 0.05) is 5.56 Å². The van der Waals surface area contributed by atoms with E-state index in [2.05, 4.69) is 10.0 Å². The van der Waals surface area contributed by atoms with Crippen LogP contribution in [0.2, 0.25) is 0 Å². The molecule has 8 heteroatoms. The highest BCUT2D eigenvalue weighted by Crippen LogP contribution is 2.31. The Bertz CT molecular complexity index is 957. The van der Waals surface area contributed by atoms with Gasteiger partial charge in [-0.05, 0) is 54.8 Å². The summed E-state index contributed by atoms with van der Waals surface area (Å²) in [6.45, 7) is 3.72. The number of aryl methyl sites for hydroxylation is 1. The van der Waals surface area contributed by atoms with E-state index in [1.54, 1.807) is 45.4 Å². The molecule has 0 aliphatic carbocycles. The molecule has 0 heterocycles. The van der Waals surface area contributed by atoms with Gasteiger partial charge in [0.15, 0.2) is 11.5 Å². The molecule has 7 nitrogen and oxygen atoms in total. The van der Waals surface area contributed by atoms with Crippen molar-refractivity contribution >= 4 is 21.6 Å². The van der Waals surface area contributed by atoms with Crippen LogP contribution in [0.5, 0.6) is 11.5 Å². The Morgan fingerprint density at radius 2 is 1.75 bits per heavy atom. The molecule has 28 heavy (non-hydrogen) atoms. The summed E-state index contributed by atoms with van der Waals surface area (Å²) in [5.74, 6) is 0.979. The molecule has 2 aromatic carbocycles. The smallest absolute Gasteiger partial charge is 0.251 e. The van der Waals surface area contributed by atoms with Crippen molar-refractivity contribution in [1.82, 2.24) is 5.32 Å². The van der Waals surface area contributed by atoms with Crippen molar-refractivity contribution in [3.05, 3.63) is 53.1 Å². The first-order valence-electron chi connectivity index (χ1n) is 8.79. The highest BCUT2D eigenvalue weighted by atomic mass is 32.2. The molecular weight excluding hydrogens is 380 g/mol. The molecule has 1 atom stereocenters. The lowest BCUT2D eigenvalue weighted by molar-refractivity contribution is 0.0935. The molecule has 1 amide bonds. The minimum absolute atomic E-state index is 0.207. The molecule has 0 radical (unpaired) electrons. The van der Waals surface area contributed by atoms with E-state index in [9.17, 15) is 13.2 Å². The lowest BCUT2D eigenvalue weighted by atomic mass is 10.0. The summed E-state index contributed by atoms with van der Waals surface area (Å²) in [7, 11) is -0.241. The van der Waals surface area contributed by atoms with Crippen molar-refractivity contribution in [2.45, 2.75) is 26.3 Å². The maximum atomic E-state index is 12.7. The normalized spacial score (nSPS) is 12.2. The summed E-state index contributed by atoms with van der Waals surface area (Å²) in [5.41, 5.74) is 2.47. The molecule has 152 valence electrons. The summed E-state index contributed by atoms with van der Waals surface area (Å²) < 4.78 is 35.8. The number of methoxy groups -OCH3 is 2. The van der Waals surface area contributed by atoms with Crippen molar-refractivity contribution in [2.75, 3.05) is 25.2 Å². The van der Waals surface area contributed by atoms with Gasteiger partial charge in [0.2, 0.25) is 10.0 Å². The van der Waals surface area contributed by atoms with Gasteiger partial charge in [-0.3, -0.25) is 9.52 Å². The van der Waals surface area contributed by atoms with Crippen molar-refractivity contribution in [2.24, 2.45) is 0 Å². The predicted octanol–water partition coefficient (Wildman–Crippen LogP) is 3.26. The third-order valence-corrected chi connectivity index (χ3v) is 4.90. The molecule has 0 spiro atoms. The molecule has 2 rings (SSSR count). The average Bonchev–Trinajstić information content (AvgIpc) is 2.65. The van der Waals surface area contributed by atoms with Crippen LogP contribution >= 0.6 is 0 Å². The first-order chi connectivity index (χ1) is 13.2. The maximum absolute atomic E-state index is 12.7. The third-order valence-electron chi connectivity index (χ3n) is 4.31. The summed E-state index contributed by atoms with van der Waals surface area (Å²) in [4.78, 5) is 12.7. The highest BCUT2D eigenvalue weighted by molar-refractivity contribution is 7.92. The molecule has 0 aliphatic rings. The Hall–Kier alpha value is -2.74. The second kappa shape index (κ2) is 8.97. The van der Waals surface area contributed by atoms with Gasteiger partial charge in [-0.1, -0.05) is 13.0 Å². The molecule has 0 bridgehead atoms. The fourth-order valence-corrected chi connectivity index (χ4v) is 3.48. The maximum Gasteiger partial charge on any atom is 0.251 e. The van der Waals surface area contributed by atoms with Gasteiger partial charge in [0.1, 0.15) is 0 Å². The molecule has 0 fully saturated rings. The number of ether oxygens (including phenoxy) is 2. The number of sulfonamides is 1. The van der Waals surface area contributed by atoms with E-state index in [1.807, 2.05) is 19.1 Å². The average molecular weight is 407 g/mol. The van der Waals surface area contributed by atoms with E-state index < -0.39 is 10.0 Å². The number of anilines is 1. The molecule has 1 unspecified atom stereocenters. The number of hydrogen-bond donors (Lipinski definition) is 2. The van der Waals surface area contributed by atoms with Gasteiger partial charge in [0.25, 0.3) is 5.91 Å². The quantitative estimate of drug-likeness (QED) is 0.702. The van der Waals surface area contributed by atoms with E-state index >= 15 is 0 Å². The minimum Gasteiger partial charge on any atom is -0.493 e. The molecular formula is C20H26N2O5S. The van der Waals surface area contributed by atoms with Crippen LogP contribution in [-0.4, -0.2) is 34.8 Å². The van der Waals surface area contributed by atoms with E-state index in [0.717, 1.165) is 11.8 Å². The fraction of sp³-hybridized carbons (Fsp3) is 0.350. The van der Waals surface area contributed by atoms with Crippen LogP contribution in [0.4, 0.5) is 5.69 Å². The van der Waals surface area contributed by atoms with Gasteiger partial charge in [-0.15, -0.1) is 0 Å². The van der Waals surface area contributed by atoms with Gasteiger partial charge in [-0.25, -0.2) is 8.42 Å². The monoisotopic (exact) mass is 406 g/mol. The van der Waals surface area contributed by atoms with Crippen LogP contribution in [0.15, 0.2) is 36.4 Å². The summed E-state index contributed by atoms with van der Waals surface area (Å²) in [6, 6.07) is 10.2. The molecule has 0 saturated carbocycles. The van der Waals surface area contributed by atoms with Gasteiger partial charge < -0.3 is 14.8 Å². The molecule has 0 saturated heterocycles. The Morgan fingerprint density at radius 1 is 1.07 bits per heavy atom. The lowest BCUT2D eigenvalue weighted by Crippen LogP contribution is -2.28. The number of carbonyl (C=O) groups is 1. The standard InChI is InChI=1S/C20H26N2O5S/c1-6-16(14-8-10-18(26-3)19(12-14)27-4)21-20(23)15-7-9-17(13(2)11-15)22-28(5,24)25/h7-12,16,22H,6H2,1-5H3,(H,21,23). The minimum atomic E-state index is -3.38. The van der Waals surface area contributed by atoms with E-state index in [-0.39, 0.29) is 11.9 Å². The third kappa shape index (κ3) is 5.39. The number of rotatable bonds is 8. The summed E-state index contributed by atoms with van der Waals surface area (Å²) >= 11 is 0. The number of nitrogens with one attached hydrogen (secondary N) is 2. The summed E-state index contributed by atoms with van der Waals surface area (Å²) in [5, 5.41) is 3.01. The van der Waals surface area contributed by atoms with Gasteiger partial charge in [-0.2, -0.15) is 0 Å². The van der Waals surface area contributed by atoms with Gasteiger partial charge in [0.05, 0.1) is 32.2 Å². The molecule has 2 aromatic rings. The Kier molecular flexibility index (Phi) is 6.90. The second-order valence-corrected chi connectivity index (χ2v) is 8.20. The Labute approximate surface area is 166 Å². The van der Waals surface area contributed by atoms with E-state index in [0.29, 0.717) is 34.7 Å². The number of hydrogen-bond acceptors (Lipinski definition) is 5. The zero-order chi connectivity index (χ0) is 20.9. The lowest BCUT2D eigenvalue weighted by Gasteiger charge is -2.19. The fourth-order valence-electron chi connectivity index (χ4n) is 2.85. The van der Waals surface area contributed by atoms with Crippen LogP contribution in [0.3, 0.4) is 0 Å². The zero-order valence-corrected chi connectivity index (χ0v) is 17.5. The van der Waals surface area contributed by atoms with Crippen molar-refractivity contribution in [3.63, 3.8) is 0 Å². The van der Waals surface area contributed by atoms with E-state index in [4.69, 9.17) is 9.47 Å². The van der Waals surface area contributed by atoms with E-state index in [1.165, 1.54) is 0 Å². The first-order valence-corrected chi connectivity index (χ1v) is 10.7. The highest BCUT2D eigenvalue weighted by Gasteiger charge is 2.17. The van der Waals surface area contributed by atoms with Crippen LogP contribution in [0.25, 0.3) is 0 Å². The Balaban J connectivity index is 2.21. The SMILES string of the molecule is CCC(NC(=O)c1ccc(NS(C)(=O)=O)c(C)c1)c1ccc(OC)c(OC)c1. The number of carbonyl (C=O) groups excluding carboxylic acids is 1. The molecule has 2 N–H and O–H groups in total. The zero-order valence-electron chi connectivity index (χ0n) is 16.7. The second-order valence-electron chi connectivity index (χ2n) is 6.45. The van der Waals surface area contributed by atoms with Crippen LogP contribution in [0, 0.1) is 6.92 Å². The number of benzene rings is 2. The van der Waals surface area contributed by atoms with Crippen molar-refractivity contribution in [3.8, 4) is 11.5 Å². The van der Waals surface area contributed by atoms with Crippen molar-refractivity contribution in [1.29, 1.82) is 0 Å². The topological polar surface area (TPSA) is 93.7 Å². The summed E-state index contributed by atoms with van der Waals surface area (Å²) in [6.07, 6.45) is 1.77. The van der Waals surface area contributed by atoms with Crippen LogP contribution in [-0.2, 0) is 10.0 Å². The largest absolute Gasteiger partial charge is 0.493 e. The van der Waals surface area contributed by atoms with Crippen LogP contribution in [0.1, 0.15) is 40.9 Å². The van der Waals surface area contributed by atoms with Crippen molar-refractivity contribution < 1.29 is 22.7 Å². The first kappa shape index (κ1) is 21.6. The van der Waals surface area contributed by atoms with Crippen LogP contribution < -0.4 is 19.5 Å². The number of amides is 1.